The van der Waals surface area contributed by atoms with Crippen molar-refractivity contribution in [2.45, 2.75) is 18.9 Å². The van der Waals surface area contributed by atoms with Crippen LogP contribution in [0.2, 0.25) is 0 Å². The van der Waals surface area contributed by atoms with Crippen molar-refractivity contribution in [2.24, 2.45) is 0 Å². The molecule has 5 nitrogen and oxygen atoms in total. The maximum absolute atomic E-state index is 13.8. The predicted octanol–water partition coefficient (Wildman–Crippen LogP) is 3.64. The number of rotatable bonds is 8. The summed E-state index contributed by atoms with van der Waals surface area (Å²) in [5.74, 6) is -2.98. The highest BCUT2D eigenvalue weighted by molar-refractivity contribution is 6.08. The van der Waals surface area contributed by atoms with Crippen LogP contribution in [0.1, 0.15) is 27.0 Å². The highest BCUT2D eigenvalue weighted by atomic mass is 19.1. The van der Waals surface area contributed by atoms with Gasteiger partial charge in [0.05, 0.1) is 13.5 Å². The third kappa shape index (κ3) is 5.85. The SMILES string of the molecule is COC(=O)[C@@H](Cc1ccc(C(=O)c2ccccc2)cc1)NC(=O)Cc1ccc(F)cc1F. The summed E-state index contributed by atoms with van der Waals surface area (Å²) in [5.41, 5.74) is 1.76. The van der Waals surface area contributed by atoms with E-state index in [1.807, 2.05) is 6.07 Å². The van der Waals surface area contributed by atoms with Crippen molar-refractivity contribution in [3.05, 3.63) is 107 Å². The van der Waals surface area contributed by atoms with Crippen molar-refractivity contribution in [3.8, 4) is 0 Å². The topological polar surface area (TPSA) is 72.5 Å². The lowest BCUT2D eigenvalue weighted by molar-refractivity contribution is -0.145. The van der Waals surface area contributed by atoms with E-state index in [0.717, 1.165) is 6.07 Å². The molecule has 0 heterocycles. The van der Waals surface area contributed by atoms with E-state index < -0.39 is 29.6 Å². The fourth-order valence-electron chi connectivity index (χ4n) is 3.20. The van der Waals surface area contributed by atoms with Crippen LogP contribution in [-0.4, -0.2) is 30.8 Å². The molecule has 1 N–H and O–H groups in total. The summed E-state index contributed by atoms with van der Waals surface area (Å²) in [4.78, 5) is 37.0. The molecule has 0 unspecified atom stereocenters. The Kier molecular flexibility index (Phi) is 7.44. The van der Waals surface area contributed by atoms with Gasteiger partial charge in [-0.3, -0.25) is 9.59 Å². The highest BCUT2D eigenvalue weighted by Gasteiger charge is 2.23. The first-order valence-electron chi connectivity index (χ1n) is 9.87. The van der Waals surface area contributed by atoms with Crippen molar-refractivity contribution >= 4 is 17.7 Å². The monoisotopic (exact) mass is 437 g/mol. The molecule has 0 spiro atoms. The largest absolute Gasteiger partial charge is 0.467 e. The van der Waals surface area contributed by atoms with Gasteiger partial charge in [-0.15, -0.1) is 0 Å². The van der Waals surface area contributed by atoms with Crippen LogP contribution in [0.15, 0.2) is 72.8 Å². The Labute approximate surface area is 184 Å². The number of nitrogens with one attached hydrogen (secondary N) is 1. The van der Waals surface area contributed by atoms with Gasteiger partial charge in [0.25, 0.3) is 0 Å². The van der Waals surface area contributed by atoms with Gasteiger partial charge in [0, 0.05) is 23.6 Å². The van der Waals surface area contributed by atoms with Gasteiger partial charge >= 0.3 is 5.97 Å². The first-order chi connectivity index (χ1) is 15.4. The summed E-state index contributed by atoms with van der Waals surface area (Å²) in [5, 5.41) is 2.53. The first-order valence-corrected chi connectivity index (χ1v) is 9.87. The second-order valence-electron chi connectivity index (χ2n) is 7.15. The molecule has 0 fully saturated rings. The summed E-state index contributed by atoms with van der Waals surface area (Å²) in [6.07, 6.45) is -0.242. The molecule has 0 aliphatic rings. The van der Waals surface area contributed by atoms with Crippen LogP contribution in [0, 0.1) is 11.6 Å². The minimum atomic E-state index is -1.01. The van der Waals surface area contributed by atoms with Crippen LogP contribution in [0.25, 0.3) is 0 Å². The molecular formula is C25H21F2NO4. The van der Waals surface area contributed by atoms with Crippen LogP contribution in [-0.2, 0) is 27.2 Å². The molecular weight excluding hydrogens is 416 g/mol. The van der Waals surface area contributed by atoms with E-state index in [-0.39, 0.29) is 24.2 Å². The molecule has 0 aromatic heterocycles. The van der Waals surface area contributed by atoms with Crippen molar-refractivity contribution in [3.63, 3.8) is 0 Å². The second kappa shape index (κ2) is 10.4. The van der Waals surface area contributed by atoms with Gasteiger partial charge in [0.2, 0.25) is 5.91 Å². The standard InChI is InChI=1S/C25H21F2NO4/c1-32-25(31)22(28-23(29)14-19-11-12-20(26)15-21(19)27)13-16-7-9-18(10-8-16)24(30)17-5-3-2-4-6-17/h2-12,15,22H,13-14H2,1H3,(H,28,29)/t22-/m1/s1. The number of amides is 1. The molecule has 32 heavy (non-hydrogen) atoms. The third-order valence-corrected chi connectivity index (χ3v) is 4.88. The van der Waals surface area contributed by atoms with Gasteiger partial charge in [-0.1, -0.05) is 60.7 Å². The van der Waals surface area contributed by atoms with Crippen LogP contribution in [0.5, 0.6) is 0 Å². The number of hydrogen-bond acceptors (Lipinski definition) is 4. The quantitative estimate of drug-likeness (QED) is 0.432. The van der Waals surface area contributed by atoms with Gasteiger partial charge in [0.1, 0.15) is 17.7 Å². The molecule has 0 aliphatic carbocycles. The Hall–Kier alpha value is -3.87. The number of ether oxygens (including phenoxy) is 1. The maximum Gasteiger partial charge on any atom is 0.328 e. The average molecular weight is 437 g/mol. The van der Waals surface area contributed by atoms with Gasteiger partial charge in [-0.05, 0) is 17.2 Å². The summed E-state index contributed by atoms with van der Waals surface area (Å²) >= 11 is 0. The molecule has 3 aromatic carbocycles. The van der Waals surface area contributed by atoms with E-state index in [2.05, 4.69) is 5.32 Å². The number of carbonyl (C=O) groups excluding carboxylic acids is 3. The fraction of sp³-hybridized carbons (Fsp3) is 0.160. The van der Waals surface area contributed by atoms with Gasteiger partial charge in [-0.2, -0.15) is 0 Å². The molecule has 0 aliphatic heterocycles. The number of esters is 1. The van der Waals surface area contributed by atoms with E-state index in [1.165, 1.54) is 13.2 Å². The zero-order valence-corrected chi connectivity index (χ0v) is 17.3. The summed E-state index contributed by atoms with van der Waals surface area (Å²) in [7, 11) is 1.20. The predicted molar refractivity (Wildman–Crippen MR) is 114 cm³/mol. The maximum atomic E-state index is 13.8. The first kappa shape index (κ1) is 22.8. The van der Waals surface area contributed by atoms with E-state index in [1.54, 1.807) is 48.5 Å². The number of ketones is 1. The molecule has 0 radical (unpaired) electrons. The number of hydrogen-bond donors (Lipinski definition) is 1. The number of halogens is 2. The van der Waals surface area contributed by atoms with Crippen molar-refractivity contribution < 1.29 is 27.9 Å². The highest BCUT2D eigenvalue weighted by Crippen LogP contribution is 2.14. The molecule has 3 rings (SSSR count). The van der Waals surface area contributed by atoms with Gasteiger partial charge < -0.3 is 10.1 Å². The molecule has 1 atom stereocenters. The van der Waals surface area contributed by atoms with E-state index in [4.69, 9.17) is 4.74 Å². The van der Waals surface area contributed by atoms with Crippen LogP contribution in [0.4, 0.5) is 8.78 Å². The Balaban J connectivity index is 1.68. The van der Waals surface area contributed by atoms with E-state index in [9.17, 15) is 23.2 Å². The number of carbonyl (C=O) groups is 3. The molecule has 7 heteroatoms. The summed E-state index contributed by atoms with van der Waals surface area (Å²) < 4.78 is 31.6. The van der Waals surface area contributed by atoms with E-state index >= 15 is 0 Å². The zero-order valence-electron chi connectivity index (χ0n) is 17.3. The summed E-state index contributed by atoms with van der Waals surface area (Å²) in [6, 6.07) is 17.4. The third-order valence-electron chi connectivity index (χ3n) is 4.88. The Morgan fingerprint density at radius 2 is 1.56 bits per heavy atom. The van der Waals surface area contributed by atoms with Gasteiger partial charge in [-0.25, -0.2) is 13.6 Å². The molecule has 0 bridgehead atoms. The molecule has 0 saturated heterocycles. The minimum absolute atomic E-state index is 0.0105. The minimum Gasteiger partial charge on any atom is -0.467 e. The average Bonchev–Trinajstić information content (AvgIpc) is 2.80. The number of benzene rings is 3. The molecule has 164 valence electrons. The Morgan fingerprint density at radius 3 is 2.19 bits per heavy atom. The Morgan fingerprint density at radius 1 is 0.906 bits per heavy atom. The van der Waals surface area contributed by atoms with Gasteiger partial charge in [0.15, 0.2) is 5.78 Å². The lowest BCUT2D eigenvalue weighted by atomic mass is 9.99. The van der Waals surface area contributed by atoms with Crippen LogP contribution in [0.3, 0.4) is 0 Å². The van der Waals surface area contributed by atoms with Crippen LogP contribution < -0.4 is 5.32 Å². The number of methoxy groups -OCH3 is 1. The van der Waals surface area contributed by atoms with Crippen LogP contribution >= 0.6 is 0 Å². The smallest absolute Gasteiger partial charge is 0.328 e. The Bertz CT molecular complexity index is 1110. The van der Waals surface area contributed by atoms with E-state index in [0.29, 0.717) is 22.8 Å². The molecule has 1 amide bonds. The second-order valence-corrected chi connectivity index (χ2v) is 7.15. The summed E-state index contributed by atoms with van der Waals surface area (Å²) in [6.45, 7) is 0. The van der Waals surface area contributed by atoms with Crippen molar-refractivity contribution in [1.29, 1.82) is 0 Å². The lowest BCUT2D eigenvalue weighted by Gasteiger charge is -2.17. The zero-order chi connectivity index (χ0) is 23.1. The molecule has 0 saturated carbocycles. The van der Waals surface area contributed by atoms with Crippen molar-refractivity contribution in [2.75, 3.05) is 7.11 Å². The normalized spacial score (nSPS) is 11.5. The molecule has 3 aromatic rings. The lowest BCUT2D eigenvalue weighted by Crippen LogP contribution is -2.43. The van der Waals surface area contributed by atoms with Crippen molar-refractivity contribution in [1.82, 2.24) is 5.32 Å². The fourth-order valence-corrected chi connectivity index (χ4v) is 3.20.